The van der Waals surface area contributed by atoms with Crippen LogP contribution in [0.1, 0.15) is 18.9 Å². The predicted molar refractivity (Wildman–Crippen MR) is 122 cm³/mol. The van der Waals surface area contributed by atoms with Gasteiger partial charge >= 0.3 is 0 Å². The summed E-state index contributed by atoms with van der Waals surface area (Å²) in [5.74, 6) is 1.12. The Morgan fingerprint density at radius 1 is 1.03 bits per heavy atom. The zero-order chi connectivity index (χ0) is 22.8. The molecule has 0 N–H and O–H groups in total. The molecule has 9 heteroatoms. The number of hydrogen-bond acceptors (Lipinski definition) is 7. The van der Waals surface area contributed by atoms with Crippen LogP contribution in [0.4, 0.5) is 0 Å². The number of hydrogen-bond donors (Lipinski definition) is 0. The lowest BCUT2D eigenvalue weighted by Gasteiger charge is -2.36. The molecule has 0 spiro atoms. The molecule has 0 aliphatic carbocycles. The van der Waals surface area contributed by atoms with Crippen LogP contribution >= 0.6 is 0 Å². The first-order chi connectivity index (χ1) is 16.1. The van der Waals surface area contributed by atoms with E-state index in [4.69, 9.17) is 4.52 Å². The Morgan fingerprint density at radius 2 is 1.76 bits per heavy atom. The van der Waals surface area contributed by atoms with E-state index < -0.39 is 0 Å². The van der Waals surface area contributed by atoms with Crippen LogP contribution in [0.3, 0.4) is 0 Å². The maximum Gasteiger partial charge on any atom is 0.244 e. The van der Waals surface area contributed by atoms with Gasteiger partial charge in [-0.25, -0.2) is 0 Å². The van der Waals surface area contributed by atoms with Crippen LogP contribution in [0, 0.1) is 0 Å². The Balaban J connectivity index is 1.22. The largest absolute Gasteiger partial charge is 0.339 e. The van der Waals surface area contributed by atoms with Crippen molar-refractivity contribution in [1.82, 2.24) is 29.7 Å². The van der Waals surface area contributed by atoms with E-state index in [9.17, 15) is 9.59 Å². The lowest BCUT2D eigenvalue weighted by molar-refractivity contribution is -0.134. The van der Waals surface area contributed by atoms with Gasteiger partial charge in [0, 0.05) is 37.1 Å². The van der Waals surface area contributed by atoms with Crippen molar-refractivity contribution >= 4 is 16.8 Å². The van der Waals surface area contributed by atoms with Crippen LogP contribution in [0.2, 0.25) is 0 Å². The SMILES string of the molecule is CC(c1nc(-c2ccccc2)no1)N1CCN(C(=O)Cn2ncc(=O)c3ccccc32)CC1. The van der Waals surface area contributed by atoms with Crippen LogP contribution in [0.5, 0.6) is 0 Å². The molecule has 4 aromatic rings. The van der Waals surface area contributed by atoms with Gasteiger partial charge in [0.15, 0.2) is 0 Å². The van der Waals surface area contributed by atoms with E-state index >= 15 is 0 Å². The summed E-state index contributed by atoms with van der Waals surface area (Å²) in [6.07, 6.45) is 1.27. The third-order valence-corrected chi connectivity index (χ3v) is 6.09. The zero-order valence-corrected chi connectivity index (χ0v) is 18.3. The molecular weight excluding hydrogens is 420 g/mol. The maximum atomic E-state index is 12.9. The number of fused-ring (bicyclic) bond motifs is 1. The lowest BCUT2D eigenvalue weighted by Crippen LogP contribution is -2.50. The molecule has 1 saturated heterocycles. The number of aromatic nitrogens is 4. The van der Waals surface area contributed by atoms with E-state index in [-0.39, 0.29) is 23.9 Å². The molecule has 1 fully saturated rings. The number of amides is 1. The summed E-state index contributed by atoms with van der Waals surface area (Å²) in [6, 6.07) is 16.9. The minimum Gasteiger partial charge on any atom is -0.339 e. The van der Waals surface area contributed by atoms with Crippen LogP contribution in [-0.4, -0.2) is 61.8 Å². The molecule has 2 aromatic carbocycles. The smallest absolute Gasteiger partial charge is 0.244 e. The molecule has 168 valence electrons. The van der Waals surface area contributed by atoms with Crippen LogP contribution in [-0.2, 0) is 11.3 Å². The summed E-state index contributed by atoms with van der Waals surface area (Å²) in [4.78, 5) is 33.6. The van der Waals surface area contributed by atoms with E-state index in [1.54, 1.807) is 10.7 Å². The highest BCUT2D eigenvalue weighted by Crippen LogP contribution is 2.23. The highest BCUT2D eigenvalue weighted by Gasteiger charge is 2.28. The lowest BCUT2D eigenvalue weighted by atomic mass is 10.2. The third kappa shape index (κ3) is 4.27. The Labute approximate surface area is 190 Å². The van der Waals surface area contributed by atoms with Gasteiger partial charge in [0.1, 0.15) is 6.54 Å². The van der Waals surface area contributed by atoms with E-state index in [1.807, 2.05) is 60.4 Å². The third-order valence-electron chi connectivity index (χ3n) is 6.09. The Bertz CT molecular complexity index is 1320. The Hall–Kier alpha value is -3.85. The van der Waals surface area contributed by atoms with Gasteiger partial charge in [0.05, 0.1) is 17.8 Å². The molecule has 1 atom stereocenters. The number of carbonyl (C=O) groups excluding carboxylic acids is 1. The number of para-hydroxylation sites is 1. The van der Waals surface area contributed by atoms with Crippen molar-refractivity contribution in [3.8, 4) is 11.4 Å². The molecular formula is C24H24N6O3. The first-order valence-electron chi connectivity index (χ1n) is 11.0. The first kappa shape index (κ1) is 21.0. The van der Waals surface area contributed by atoms with Crippen molar-refractivity contribution in [3.05, 3.63) is 76.9 Å². The fourth-order valence-electron chi connectivity index (χ4n) is 4.14. The molecule has 0 radical (unpaired) electrons. The van der Waals surface area contributed by atoms with Gasteiger partial charge < -0.3 is 9.42 Å². The van der Waals surface area contributed by atoms with E-state index in [0.29, 0.717) is 48.8 Å². The number of carbonyl (C=O) groups is 1. The average Bonchev–Trinajstić information content (AvgIpc) is 3.36. The minimum atomic E-state index is -0.145. The Kier molecular flexibility index (Phi) is 5.70. The molecule has 0 bridgehead atoms. The van der Waals surface area contributed by atoms with Crippen LogP contribution < -0.4 is 5.43 Å². The second-order valence-electron chi connectivity index (χ2n) is 8.10. The molecule has 33 heavy (non-hydrogen) atoms. The molecule has 1 amide bonds. The predicted octanol–water partition coefficient (Wildman–Crippen LogP) is 2.35. The van der Waals surface area contributed by atoms with Crippen LogP contribution in [0.25, 0.3) is 22.3 Å². The van der Waals surface area contributed by atoms with Gasteiger partial charge in [-0.05, 0) is 19.1 Å². The molecule has 1 aliphatic rings. The van der Waals surface area contributed by atoms with E-state index in [2.05, 4.69) is 20.1 Å². The van der Waals surface area contributed by atoms with Gasteiger partial charge in [-0.15, -0.1) is 0 Å². The maximum absolute atomic E-state index is 12.9. The number of nitrogens with zero attached hydrogens (tertiary/aromatic N) is 6. The fourth-order valence-corrected chi connectivity index (χ4v) is 4.14. The molecule has 9 nitrogen and oxygen atoms in total. The zero-order valence-electron chi connectivity index (χ0n) is 18.3. The van der Waals surface area contributed by atoms with Crippen LogP contribution in [0.15, 0.2) is 70.1 Å². The van der Waals surface area contributed by atoms with Crippen molar-refractivity contribution in [2.75, 3.05) is 26.2 Å². The molecule has 1 aliphatic heterocycles. The second kappa shape index (κ2) is 8.95. The monoisotopic (exact) mass is 444 g/mol. The van der Waals surface area contributed by atoms with Crippen molar-refractivity contribution in [2.24, 2.45) is 0 Å². The van der Waals surface area contributed by atoms with Gasteiger partial charge in [-0.2, -0.15) is 10.1 Å². The van der Waals surface area contributed by atoms with Gasteiger partial charge in [0.2, 0.25) is 23.1 Å². The quantitative estimate of drug-likeness (QED) is 0.466. The van der Waals surface area contributed by atoms with Gasteiger partial charge in [0.25, 0.3) is 0 Å². The molecule has 1 unspecified atom stereocenters. The highest BCUT2D eigenvalue weighted by molar-refractivity contribution is 5.81. The normalized spacial score (nSPS) is 15.6. The highest BCUT2D eigenvalue weighted by atomic mass is 16.5. The summed E-state index contributed by atoms with van der Waals surface area (Å²) < 4.78 is 7.11. The standard InChI is InChI=1S/C24H24N6O3/c1-17(24-26-23(27-33-24)18-7-3-2-4-8-18)28-11-13-29(14-12-28)22(32)16-30-20-10-6-5-9-19(20)21(31)15-25-30/h2-10,15,17H,11-14,16H2,1H3. The molecule has 0 saturated carbocycles. The summed E-state index contributed by atoms with van der Waals surface area (Å²) in [7, 11) is 0. The summed E-state index contributed by atoms with van der Waals surface area (Å²) in [6.45, 7) is 4.74. The molecule has 2 aromatic heterocycles. The summed E-state index contributed by atoms with van der Waals surface area (Å²) in [5.41, 5.74) is 1.43. The topological polar surface area (TPSA) is 97.4 Å². The average molecular weight is 444 g/mol. The molecule has 5 rings (SSSR count). The Morgan fingerprint density at radius 3 is 2.55 bits per heavy atom. The fraction of sp³-hybridized carbons (Fsp3) is 0.292. The van der Waals surface area contributed by atoms with E-state index in [0.717, 1.165) is 5.56 Å². The summed E-state index contributed by atoms with van der Waals surface area (Å²) >= 11 is 0. The number of rotatable bonds is 5. The van der Waals surface area contributed by atoms with Crippen molar-refractivity contribution < 1.29 is 9.32 Å². The summed E-state index contributed by atoms with van der Waals surface area (Å²) in [5, 5.41) is 8.85. The van der Waals surface area contributed by atoms with Gasteiger partial charge in [-0.3, -0.25) is 19.2 Å². The van der Waals surface area contributed by atoms with Crippen molar-refractivity contribution in [2.45, 2.75) is 19.5 Å². The first-order valence-corrected chi connectivity index (χ1v) is 11.0. The van der Waals surface area contributed by atoms with Crippen molar-refractivity contribution in [3.63, 3.8) is 0 Å². The van der Waals surface area contributed by atoms with Gasteiger partial charge in [-0.1, -0.05) is 47.6 Å². The number of piperazine rings is 1. The minimum absolute atomic E-state index is 0.0206. The van der Waals surface area contributed by atoms with Crippen molar-refractivity contribution in [1.29, 1.82) is 0 Å². The number of benzene rings is 2. The molecule has 3 heterocycles. The second-order valence-corrected chi connectivity index (χ2v) is 8.10. The van der Waals surface area contributed by atoms with E-state index in [1.165, 1.54) is 6.20 Å².